The summed E-state index contributed by atoms with van der Waals surface area (Å²) in [6.07, 6.45) is 2.47. The summed E-state index contributed by atoms with van der Waals surface area (Å²) in [5, 5.41) is 9.41. The van der Waals surface area contributed by atoms with E-state index in [0.29, 0.717) is 0 Å². The first-order chi connectivity index (χ1) is 5.75. The van der Waals surface area contributed by atoms with E-state index in [4.69, 9.17) is 5.73 Å². The van der Waals surface area contributed by atoms with Gasteiger partial charge in [0.2, 0.25) is 0 Å². The summed E-state index contributed by atoms with van der Waals surface area (Å²) in [6.45, 7) is 0. The molecule has 64 valence electrons. The van der Waals surface area contributed by atoms with Gasteiger partial charge in [0.1, 0.15) is 0 Å². The van der Waals surface area contributed by atoms with Gasteiger partial charge in [0.25, 0.3) is 0 Å². The van der Waals surface area contributed by atoms with Gasteiger partial charge in [-0.15, -0.1) is 0 Å². The van der Waals surface area contributed by atoms with E-state index in [0.717, 1.165) is 24.9 Å². The van der Waals surface area contributed by atoms with Crippen LogP contribution in [0.15, 0.2) is 18.2 Å². The zero-order chi connectivity index (χ0) is 8.55. The number of aliphatic hydroxyl groups excluding tert-OH is 1. The zero-order valence-electron chi connectivity index (χ0n) is 6.96. The Kier molecular flexibility index (Phi) is 1.77. The molecular weight excluding hydrogens is 150 g/mol. The van der Waals surface area contributed by atoms with E-state index in [1.807, 2.05) is 12.1 Å². The summed E-state index contributed by atoms with van der Waals surface area (Å²) in [5.41, 5.74) is 9.00. The summed E-state index contributed by atoms with van der Waals surface area (Å²) in [4.78, 5) is 0. The molecule has 0 aromatic heterocycles. The van der Waals surface area contributed by atoms with Crippen LogP contribution in [0.2, 0.25) is 0 Å². The molecule has 1 atom stereocenters. The second-order valence-corrected chi connectivity index (χ2v) is 3.42. The average Bonchev–Trinajstić information content (AvgIpc) is 2.03. The van der Waals surface area contributed by atoms with Gasteiger partial charge >= 0.3 is 0 Å². The number of aliphatic hydroxyl groups is 1. The highest BCUT2D eigenvalue weighted by Gasteiger charge is 2.15. The van der Waals surface area contributed by atoms with E-state index < -0.39 is 0 Å². The molecule has 1 aliphatic rings. The standard InChI is InChI=1S/C10H13NO/c11-9-3-1-7-2-4-10(12)6-8(7)5-9/h1,3,5,10,12H,2,4,6,11H2/t10-/m0/s1. The third-order valence-electron chi connectivity index (χ3n) is 2.43. The molecule has 0 saturated carbocycles. The third-order valence-corrected chi connectivity index (χ3v) is 2.43. The summed E-state index contributed by atoms with van der Waals surface area (Å²) in [6, 6.07) is 5.96. The fourth-order valence-corrected chi connectivity index (χ4v) is 1.76. The Morgan fingerprint density at radius 3 is 3.00 bits per heavy atom. The van der Waals surface area contributed by atoms with Crippen molar-refractivity contribution in [3.8, 4) is 0 Å². The number of aryl methyl sites for hydroxylation is 1. The molecule has 1 aromatic rings. The van der Waals surface area contributed by atoms with Crippen molar-refractivity contribution < 1.29 is 5.11 Å². The van der Waals surface area contributed by atoms with Gasteiger partial charge in [0.15, 0.2) is 0 Å². The molecule has 1 aliphatic carbocycles. The number of fused-ring (bicyclic) bond motifs is 1. The minimum atomic E-state index is -0.167. The lowest BCUT2D eigenvalue weighted by Crippen LogP contribution is -2.18. The van der Waals surface area contributed by atoms with Gasteiger partial charge < -0.3 is 10.8 Å². The van der Waals surface area contributed by atoms with Gasteiger partial charge in [-0.05, 0) is 42.5 Å². The molecule has 0 saturated heterocycles. The number of hydrogen-bond donors (Lipinski definition) is 2. The molecule has 0 radical (unpaired) electrons. The van der Waals surface area contributed by atoms with Crippen LogP contribution in [0.25, 0.3) is 0 Å². The number of nitrogens with two attached hydrogens (primary N) is 1. The molecule has 0 unspecified atom stereocenters. The SMILES string of the molecule is Nc1ccc2c(c1)C[C@@H](O)CC2. The molecule has 3 N–H and O–H groups in total. The van der Waals surface area contributed by atoms with Crippen LogP contribution in [0, 0.1) is 0 Å². The van der Waals surface area contributed by atoms with Gasteiger partial charge in [-0.3, -0.25) is 0 Å². The molecule has 2 rings (SSSR count). The van der Waals surface area contributed by atoms with Crippen LogP contribution in [-0.4, -0.2) is 11.2 Å². The van der Waals surface area contributed by atoms with Gasteiger partial charge in [-0.2, -0.15) is 0 Å². The second kappa shape index (κ2) is 2.79. The molecule has 0 amide bonds. The Morgan fingerprint density at radius 2 is 2.17 bits per heavy atom. The van der Waals surface area contributed by atoms with Crippen molar-refractivity contribution in [1.29, 1.82) is 0 Å². The Bertz CT molecular complexity index is 296. The summed E-state index contributed by atoms with van der Waals surface area (Å²) < 4.78 is 0. The highest BCUT2D eigenvalue weighted by Crippen LogP contribution is 2.23. The van der Waals surface area contributed by atoms with Gasteiger partial charge in [0.05, 0.1) is 6.10 Å². The van der Waals surface area contributed by atoms with Crippen molar-refractivity contribution in [3.63, 3.8) is 0 Å². The molecule has 1 aromatic carbocycles. The van der Waals surface area contributed by atoms with Crippen molar-refractivity contribution >= 4 is 5.69 Å². The minimum Gasteiger partial charge on any atom is -0.399 e. The van der Waals surface area contributed by atoms with E-state index in [1.165, 1.54) is 11.1 Å². The van der Waals surface area contributed by atoms with Crippen molar-refractivity contribution in [3.05, 3.63) is 29.3 Å². The van der Waals surface area contributed by atoms with Crippen LogP contribution in [-0.2, 0) is 12.8 Å². The first-order valence-corrected chi connectivity index (χ1v) is 4.31. The molecular formula is C10H13NO. The Labute approximate surface area is 72.0 Å². The monoisotopic (exact) mass is 163 g/mol. The topological polar surface area (TPSA) is 46.2 Å². The van der Waals surface area contributed by atoms with E-state index in [2.05, 4.69) is 6.07 Å². The Balaban J connectivity index is 2.37. The summed E-state index contributed by atoms with van der Waals surface area (Å²) in [7, 11) is 0. The van der Waals surface area contributed by atoms with E-state index in [1.54, 1.807) is 0 Å². The molecule has 2 heteroatoms. The number of nitrogen functional groups attached to an aromatic ring is 1. The maximum Gasteiger partial charge on any atom is 0.0583 e. The highest BCUT2D eigenvalue weighted by molar-refractivity contribution is 5.45. The van der Waals surface area contributed by atoms with E-state index >= 15 is 0 Å². The van der Waals surface area contributed by atoms with Gasteiger partial charge in [-0.25, -0.2) is 0 Å². The second-order valence-electron chi connectivity index (χ2n) is 3.42. The first-order valence-electron chi connectivity index (χ1n) is 4.31. The quantitative estimate of drug-likeness (QED) is 0.563. The molecule has 12 heavy (non-hydrogen) atoms. The maximum atomic E-state index is 9.41. The average molecular weight is 163 g/mol. The normalized spacial score (nSPS) is 21.9. The lowest BCUT2D eigenvalue weighted by Gasteiger charge is -2.20. The van der Waals surface area contributed by atoms with Gasteiger partial charge in [0, 0.05) is 5.69 Å². The molecule has 0 bridgehead atoms. The van der Waals surface area contributed by atoms with E-state index in [9.17, 15) is 5.11 Å². The smallest absolute Gasteiger partial charge is 0.0583 e. The number of rotatable bonds is 0. The van der Waals surface area contributed by atoms with Crippen LogP contribution in [0.1, 0.15) is 17.5 Å². The van der Waals surface area contributed by atoms with Crippen LogP contribution in [0.4, 0.5) is 5.69 Å². The number of hydrogen-bond acceptors (Lipinski definition) is 2. The van der Waals surface area contributed by atoms with Crippen LogP contribution in [0.3, 0.4) is 0 Å². The highest BCUT2D eigenvalue weighted by atomic mass is 16.3. The fourth-order valence-electron chi connectivity index (χ4n) is 1.76. The maximum absolute atomic E-state index is 9.41. The van der Waals surface area contributed by atoms with Crippen LogP contribution >= 0.6 is 0 Å². The van der Waals surface area contributed by atoms with Crippen LogP contribution < -0.4 is 5.73 Å². The van der Waals surface area contributed by atoms with Crippen molar-refractivity contribution in [2.45, 2.75) is 25.4 Å². The van der Waals surface area contributed by atoms with Crippen molar-refractivity contribution in [2.24, 2.45) is 0 Å². The van der Waals surface area contributed by atoms with E-state index in [-0.39, 0.29) is 6.10 Å². The minimum absolute atomic E-state index is 0.167. The van der Waals surface area contributed by atoms with Crippen molar-refractivity contribution in [1.82, 2.24) is 0 Å². The Morgan fingerprint density at radius 1 is 1.33 bits per heavy atom. The molecule has 0 aliphatic heterocycles. The van der Waals surface area contributed by atoms with Crippen LogP contribution in [0.5, 0.6) is 0 Å². The predicted molar refractivity (Wildman–Crippen MR) is 48.9 cm³/mol. The lowest BCUT2D eigenvalue weighted by molar-refractivity contribution is 0.158. The molecule has 0 heterocycles. The lowest BCUT2D eigenvalue weighted by atomic mass is 9.90. The molecule has 0 spiro atoms. The first kappa shape index (κ1) is 7.62. The number of anilines is 1. The largest absolute Gasteiger partial charge is 0.399 e. The summed E-state index contributed by atoms with van der Waals surface area (Å²) in [5.74, 6) is 0. The zero-order valence-corrected chi connectivity index (χ0v) is 6.96. The van der Waals surface area contributed by atoms with Gasteiger partial charge in [-0.1, -0.05) is 6.07 Å². The summed E-state index contributed by atoms with van der Waals surface area (Å²) >= 11 is 0. The predicted octanol–water partition coefficient (Wildman–Crippen LogP) is 1.12. The molecule has 0 fully saturated rings. The fraction of sp³-hybridized carbons (Fsp3) is 0.400. The number of benzene rings is 1. The molecule has 2 nitrogen and oxygen atoms in total. The Hall–Kier alpha value is -1.02. The van der Waals surface area contributed by atoms with Crippen molar-refractivity contribution in [2.75, 3.05) is 5.73 Å². The third kappa shape index (κ3) is 1.30.